The molecular formula is C44H40N2O2P2. The smallest absolute Gasteiger partial charge is 0.252 e. The quantitative estimate of drug-likeness (QED) is 0.158. The molecule has 0 aromatic heterocycles. The van der Waals surface area contributed by atoms with Crippen molar-refractivity contribution in [3.63, 3.8) is 0 Å². The van der Waals surface area contributed by atoms with Crippen LogP contribution in [-0.4, -0.2) is 23.9 Å². The molecule has 0 unspecified atom stereocenters. The Morgan fingerprint density at radius 2 is 0.680 bits per heavy atom. The number of carbonyl (C=O) groups is 2. The van der Waals surface area contributed by atoms with E-state index in [0.29, 0.717) is 11.1 Å². The van der Waals surface area contributed by atoms with Crippen LogP contribution in [0.4, 0.5) is 0 Å². The lowest BCUT2D eigenvalue weighted by molar-refractivity contribution is 0.0864. The highest BCUT2D eigenvalue weighted by Crippen LogP contribution is 2.35. The molecule has 0 bridgehead atoms. The molecule has 6 aromatic carbocycles. The van der Waals surface area contributed by atoms with E-state index < -0.39 is 15.8 Å². The molecule has 0 radical (unpaired) electrons. The fourth-order valence-electron chi connectivity index (χ4n) is 6.85. The topological polar surface area (TPSA) is 58.2 Å². The number of nitrogens with one attached hydrogen (secondary N) is 2. The van der Waals surface area contributed by atoms with Crippen LogP contribution in [0.15, 0.2) is 170 Å². The van der Waals surface area contributed by atoms with Crippen molar-refractivity contribution in [1.82, 2.24) is 10.6 Å². The SMILES string of the molecule is O=C(N[C@@H]1CCCC[C@H]1NC(=O)c1ccccc1P(c1ccccc1)c1ccccc1)c1ccccc1P(c1ccccc1)c1ccccc1. The maximum atomic E-state index is 14.2. The first-order valence-corrected chi connectivity index (χ1v) is 20.0. The van der Waals surface area contributed by atoms with Crippen LogP contribution in [0.25, 0.3) is 0 Å². The van der Waals surface area contributed by atoms with Crippen LogP contribution < -0.4 is 42.5 Å². The lowest BCUT2D eigenvalue weighted by Gasteiger charge is -2.33. The van der Waals surface area contributed by atoms with Crippen LogP contribution in [0, 0.1) is 0 Å². The summed E-state index contributed by atoms with van der Waals surface area (Å²) in [6.07, 6.45) is 3.63. The molecule has 1 fully saturated rings. The van der Waals surface area contributed by atoms with Gasteiger partial charge in [0.15, 0.2) is 0 Å². The summed E-state index contributed by atoms with van der Waals surface area (Å²) in [6.45, 7) is 0. The zero-order chi connectivity index (χ0) is 34.1. The summed E-state index contributed by atoms with van der Waals surface area (Å²) in [4.78, 5) is 28.5. The van der Waals surface area contributed by atoms with Crippen LogP contribution in [0.1, 0.15) is 46.4 Å². The molecular weight excluding hydrogens is 650 g/mol. The Labute approximate surface area is 297 Å². The zero-order valence-electron chi connectivity index (χ0n) is 27.9. The van der Waals surface area contributed by atoms with Crippen molar-refractivity contribution < 1.29 is 9.59 Å². The third-order valence-electron chi connectivity index (χ3n) is 9.24. The minimum Gasteiger partial charge on any atom is -0.347 e. The minimum atomic E-state index is -0.955. The maximum Gasteiger partial charge on any atom is 0.252 e. The van der Waals surface area contributed by atoms with Crippen molar-refractivity contribution in [3.05, 3.63) is 181 Å². The van der Waals surface area contributed by atoms with Gasteiger partial charge in [0.25, 0.3) is 11.8 Å². The summed E-state index contributed by atoms with van der Waals surface area (Å²) in [5.41, 5.74) is 1.37. The predicted molar refractivity (Wildman–Crippen MR) is 211 cm³/mol. The van der Waals surface area contributed by atoms with Gasteiger partial charge in [-0.25, -0.2) is 0 Å². The Kier molecular flexibility index (Phi) is 10.9. The van der Waals surface area contributed by atoms with Gasteiger partial charge in [0.2, 0.25) is 0 Å². The van der Waals surface area contributed by atoms with Crippen molar-refractivity contribution in [2.24, 2.45) is 0 Å². The van der Waals surface area contributed by atoms with E-state index in [1.807, 2.05) is 60.7 Å². The molecule has 7 rings (SSSR count). The molecule has 1 saturated carbocycles. The van der Waals surface area contributed by atoms with Crippen LogP contribution in [0.5, 0.6) is 0 Å². The van der Waals surface area contributed by atoms with E-state index in [4.69, 9.17) is 0 Å². The van der Waals surface area contributed by atoms with E-state index in [1.165, 1.54) is 21.2 Å². The van der Waals surface area contributed by atoms with Gasteiger partial charge in [-0.05, 0) is 72.6 Å². The van der Waals surface area contributed by atoms with Crippen LogP contribution >= 0.6 is 15.8 Å². The maximum absolute atomic E-state index is 14.2. The summed E-state index contributed by atoms with van der Waals surface area (Å²) in [6, 6.07) is 57.5. The van der Waals surface area contributed by atoms with E-state index in [2.05, 4.69) is 120 Å². The Bertz CT molecular complexity index is 1800. The predicted octanol–water partition coefficient (Wildman–Crippen LogP) is 6.67. The second-order valence-corrected chi connectivity index (χ2v) is 16.9. The monoisotopic (exact) mass is 690 g/mol. The average molecular weight is 691 g/mol. The minimum absolute atomic E-state index is 0.0943. The van der Waals surface area contributed by atoms with E-state index in [-0.39, 0.29) is 23.9 Å². The van der Waals surface area contributed by atoms with Crippen molar-refractivity contribution in [2.75, 3.05) is 0 Å². The van der Waals surface area contributed by atoms with Gasteiger partial charge < -0.3 is 10.6 Å². The molecule has 2 N–H and O–H groups in total. The van der Waals surface area contributed by atoms with Crippen molar-refractivity contribution >= 4 is 59.5 Å². The summed E-state index contributed by atoms with van der Waals surface area (Å²) >= 11 is 0. The summed E-state index contributed by atoms with van der Waals surface area (Å²) in [5, 5.41) is 13.6. The van der Waals surface area contributed by atoms with Crippen LogP contribution in [0.2, 0.25) is 0 Å². The molecule has 50 heavy (non-hydrogen) atoms. The Morgan fingerprint density at radius 1 is 0.400 bits per heavy atom. The summed E-state index contributed by atoms with van der Waals surface area (Å²) < 4.78 is 0. The van der Waals surface area contributed by atoms with Gasteiger partial charge >= 0.3 is 0 Å². The van der Waals surface area contributed by atoms with Crippen molar-refractivity contribution in [1.29, 1.82) is 0 Å². The average Bonchev–Trinajstić information content (AvgIpc) is 3.18. The Hall–Kier alpha value is -4.88. The fraction of sp³-hybridized carbons (Fsp3) is 0.136. The third kappa shape index (κ3) is 7.63. The summed E-state index contributed by atoms with van der Waals surface area (Å²) in [5.74, 6) is -0.189. The lowest BCUT2D eigenvalue weighted by atomic mass is 9.89. The number of hydrogen-bond donors (Lipinski definition) is 2. The van der Waals surface area contributed by atoms with E-state index in [1.54, 1.807) is 0 Å². The normalized spacial score (nSPS) is 15.8. The van der Waals surface area contributed by atoms with Crippen molar-refractivity contribution in [3.8, 4) is 0 Å². The first kappa shape index (κ1) is 33.6. The van der Waals surface area contributed by atoms with Gasteiger partial charge in [0.1, 0.15) is 0 Å². The van der Waals surface area contributed by atoms with Crippen LogP contribution in [-0.2, 0) is 0 Å². The lowest BCUT2D eigenvalue weighted by Crippen LogP contribution is -2.54. The Balaban J connectivity index is 1.15. The number of amides is 2. The van der Waals surface area contributed by atoms with Crippen molar-refractivity contribution in [2.45, 2.75) is 37.8 Å². The summed E-state index contributed by atoms with van der Waals surface area (Å²) in [7, 11) is -1.91. The standard InChI is InChI=1S/C44H40N2O2P2/c47-43(37-27-13-17-31-41(37)49(33-19-5-1-6-20-33)34-21-7-2-8-22-34)45-39-29-15-16-30-40(39)46-44(48)38-28-14-18-32-42(38)50(35-23-9-3-10-24-35)36-25-11-4-12-26-36/h1-14,17-28,31-32,39-40H,15-16,29-30H2,(H,45,47)(H,46,48)/t39-,40-/m1/s1. The first-order valence-electron chi connectivity index (χ1n) is 17.3. The molecule has 0 heterocycles. The molecule has 1 aliphatic carbocycles. The Morgan fingerprint density at radius 3 is 1.00 bits per heavy atom. The van der Waals surface area contributed by atoms with Crippen LogP contribution in [0.3, 0.4) is 0 Å². The number of benzene rings is 6. The molecule has 0 spiro atoms. The van der Waals surface area contributed by atoms with Gasteiger partial charge in [-0.15, -0.1) is 0 Å². The molecule has 248 valence electrons. The van der Waals surface area contributed by atoms with E-state index in [0.717, 1.165) is 36.3 Å². The fourth-order valence-corrected chi connectivity index (χ4v) is 11.7. The molecule has 6 aromatic rings. The van der Waals surface area contributed by atoms with Gasteiger partial charge in [-0.1, -0.05) is 171 Å². The molecule has 0 saturated heterocycles. The van der Waals surface area contributed by atoms with Gasteiger partial charge in [-0.3, -0.25) is 9.59 Å². The number of hydrogen-bond acceptors (Lipinski definition) is 2. The highest BCUT2D eigenvalue weighted by Gasteiger charge is 2.31. The third-order valence-corrected chi connectivity index (χ3v) is 14.2. The van der Waals surface area contributed by atoms with Gasteiger partial charge in [0.05, 0.1) is 0 Å². The van der Waals surface area contributed by atoms with E-state index >= 15 is 0 Å². The first-order chi connectivity index (χ1) is 24.7. The number of carbonyl (C=O) groups excluding carboxylic acids is 2. The molecule has 0 aliphatic heterocycles. The molecule has 4 nitrogen and oxygen atoms in total. The second kappa shape index (κ2) is 16.2. The zero-order valence-corrected chi connectivity index (χ0v) is 29.6. The van der Waals surface area contributed by atoms with Gasteiger partial charge in [-0.2, -0.15) is 0 Å². The highest BCUT2D eigenvalue weighted by atomic mass is 31.1. The molecule has 1 aliphatic rings. The number of rotatable bonds is 10. The second-order valence-electron chi connectivity index (χ2n) is 12.5. The van der Waals surface area contributed by atoms with E-state index in [9.17, 15) is 9.59 Å². The molecule has 2 amide bonds. The molecule has 6 heteroatoms. The molecule has 2 atom stereocenters. The largest absolute Gasteiger partial charge is 0.347 e. The highest BCUT2D eigenvalue weighted by molar-refractivity contribution is 7.80. The van der Waals surface area contributed by atoms with Gasteiger partial charge in [0, 0.05) is 23.2 Å².